The second-order valence-electron chi connectivity index (χ2n) is 11.7. The van der Waals surface area contributed by atoms with Gasteiger partial charge in [-0.1, -0.05) is 118 Å². The van der Waals surface area contributed by atoms with Crippen LogP contribution in [0.2, 0.25) is 0 Å². The summed E-state index contributed by atoms with van der Waals surface area (Å²) in [6, 6.07) is 31.5. The summed E-state index contributed by atoms with van der Waals surface area (Å²) in [6.07, 6.45) is 6.22. The maximum Gasteiger partial charge on any atom is 0.329 e. The topological polar surface area (TPSA) is 98.7 Å². The molecule has 7 nitrogen and oxygen atoms in total. The van der Waals surface area contributed by atoms with Crippen molar-refractivity contribution < 1.29 is 19.5 Å². The number of aliphatic carboxylic acids is 1. The normalized spacial score (nSPS) is 12.2. The van der Waals surface area contributed by atoms with Crippen LogP contribution in [0.5, 0.6) is 0 Å². The van der Waals surface area contributed by atoms with E-state index < -0.39 is 11.5 Å². The van der Waals surface area contributed by atoms with E-state index in [0.717, 1.165) is 35.2 Å². The number of carbonyl (C=O) groups excluding carboxylic acids is 2. The first kappa shape index (κ1) is 34.0. The third kappa shape index (κ3) is 8.62. The molecule has 240 valence electrons. The first-order valence-electron chi connectivity index (χ1n) is 16.2. The zero-order valence-electron chi connectivity index (χ0n) is 27.1. The molecule has 0 radical (unpaired) electrons. The molecule has 0 fully saturated rings. The SMILES string of the molecule is CCCCCCCNC(=O)N(C)c1cccc(-c2ccc(C[C@](CC)(Nc3ccccc3C(=O)c3ccccc3)C(=O)O)cc2)c1. The highest BCUT2D eigenvalue weighted by molar-refractivity contribution is 6.12. The van der Waals surface area contributed by atoms with Crippen LogP contribution in [0.4, 0.5) is 16.2 Å². The summed E-state index contributed by atoms with van der Waals surface area (Å²) in [4.78, 5) is 40.5. The molecule has 7 heteroatoms. The Hall–Kier alpha value is -4.91. The standard InChI is InChI=1S/C39H45N3O4/c1-4-6-7-8-14-26-40-38(46)42(3)33-19-15-18-32(27-33)30-24-22-29(23-25-30)28-39(5-2,37(44)45)41-35-21-13-12-20-34(35)36(43)31-16-10-9-11-17-31/h9-13,15-25,27,41H,4-8,14,26,28H2,1-3H3,(H,40,46)(H,44,45)/t39-/m0/s1. The van der Waals surface area contributed by atoms with Crippen LogP contribution >= 0.6 is 0 Å². The number of carboxylic acid groups (broad SMARTS) is 1. The van der Waals surface area contributed by atoms with Crippen LogP contribution in [-0.4, -0.2) is 42.0 Å². The molecule has 0 aliphatic heterocycles. The van der Waals surface area contributed by atoms with Gasteiger partial charge in [-0.3, -0.25) is 9.69 Å². The van der Waals surface area contributed by atoms with Gasteiger partial charge in [-0.15, -0.1) is 0 Å². The summed E-state index contributed by atoms with van der Waals surface area (Å²) >= 11 is 0. The Bertz CT molecular complexity index is 1600. The molecule has 0 heterocycles. The zero-order chi connectivity index (χ0) is 32.9. The summed E-state index contributed by atoms with van der Waals surface area (Å²) in [5, 5.41) is 16.7. The quantitative estimate of drug-likeness (QED) is 0.0862. The predicted octanol–water partition coefficient (Wildman–Crippen LogP) is 8.59. The molecular formula is C39H45N3O4. The van der Waals surface area contributed by atoms with Gasteiger partial charge >= 0.3 is 12.0 Å². The van der Waals surface area contributed by atoms with E-state index in [0.29, 0.717) is 29.8 Å². The number of nitrogens with one attached hydrogen (secondary N) is 2. The maximum atomic E-state index is 13.3. The van der Waals surface area contributed by atoms with Crippen LogP contribution in [-0.2, 0) is 11.2 Å². The van der Waals surface area contributed by atoms with Gasteiger partial charge in [0, 0.05) is 42.5 Å². The number of para-hydroxylation sites is 1. The van der Waals surface area contributed by atoms with Gasteiger partial charge < -0.3 is 15.7 Å². The van der Waals surface area contributed by atoms with Crippen LogP contribution in [0.25, 0.3) is 11.1 Å². The fourth-order valence-corrected chi connectivity index (χ4v) is 5.55. The average Bonchev–Trinajstić information content (AvgIpc) is 3.09. The van der Waals surface area contributed by atoms with Gasteiger partial charge in [0.05, 0.1) is 0 Å². The van der Waals surface area contributed by atoms with Crippen molar-refractivity contribution in [2.45, 2.75) is 64.3 Å². The summed E-state index contributed by atoms with van der Waals surface area (Å²) < 4.78 is 0. The summed E-state index contributed by atoms with van der Waals surface area (Å²) in [5.41, 5.74) is 3.66. The van der Waals surface area contributed by atoms with Crippen LogP contribution in [0.3, 0.4) is 0 Å². The van der Waals surface area contributed by atoms with Crippen molar-refractivity contribution in [1.82, 2.24) is 5.32 Å². The number of hydrogen-bond donors (Lipinski definition) is 3. The van der Waals surface area contributed by atoms with E-state index in [9.17, 15) is 19.5 Å². The van der Waals surface area contributed by atoms with E-state index in [2.05, 4.69) is 17.6 Å². The highest BCUT2D eigenvalue weighted by atomic mass is 16.4. The number of anilines is 2. The second kappa shape index (κ2) is 16.4. The van der Waals surface area contributed by atoms with Crippen molar-refractivity contribution in [3.05, 3.63) is 120 Å². The molecule has 0 saturated carbocycles. The Morgan fingerprint density at radius 2 is 1.46 bits per heavy atom. The molecule has 0 bridgehead atoms. The van der Waals surface area contributed by atoms with Crippen LogP contribution in [0.15, 0.2) is 103 Å². The number of nitrogens with zero attached hydrogens (tertiary/aromatic N) is 1. The van der Waals surface area contributed by atoms with Crippen molar-refractivity contribution in [2.75, 3.05) is 23.8 Å². The number of carbonyl (C=O) groups is 3. The molecule has 4 rings (SSSR count). The lowest BCUT2D eigenvalue weighted by molar-refractivity contribution is -0.142. The molecule has 0 unspecified atom stereocenters. The Morgan fingerprint density at radius 3 is 2.15 bits per heavy atom. The van der Waals surface area contributed by atoms with E-state index in [1.807, 2.05) is 73.7 Å². The second-order valence-corrected chi connectivity index (χ2v) is 11.7. The van der Waals surface area contributed by atoms with E-state index >= 15 is 0 Å². The monoisotopic (exact) mass is 619 g/mol. The number of urea groups is 1. The molecule has 3 N–H and O–H groups in total. The van der Waals surface area contributed by atoms with Crippen LogP contribution in [0.1, 0.15) is 73.9 Å². The van der Waals surface area contributed by atoms with E-state index in [1.54, 1.807) is 48.3 Å². The van der Waals surface area contributed by atoms with Gasteiger partial charge in [0.2, 0.25) is 0 Å². The van der Waals surface area contributed by atoms with E-state index in [-0.39, 0.29) is 18.2 Å². The summed E-state index contributed by atoms with van der Waals surface area (Å²) in [6.45, 7) is 4.68. The van der Waals surface area contributed by atoms with E-state index in [4.69, 9.17) is 0 Å². The minimum absolute atomic E-state index is 0.132. The molecule has 0 saturated heterocycles. The largest absolute Gasteiger partial charge is 0.479 e. The minimum atomic E-state index is -1.33. The Balaban J connectivity index is 1.48. The molecular weight excluding hydrogens is 574 g/mol. The molecule has 4 aromatic rings. The highest BCUT2D eigenvalue weighted by Crippen LogP contribution is 2.30. The lowest BCUT2D eigenvalue weighted by Crippen LogP contribution is -2.48. The summed E-state index contributed by atoms with van der Waals surface area (Å²) in [7, 11) is 1.77. The maximum absolute atomic E-state index is 13.3. The van der Waals surface area contributed by atoms with Gasteiger partial charge in [0.25, 0.3) is 0 Å². The predicted molar refractivity (Wildman–Crippen MR) is 187 cm³/mol. The molecule has 0 aliphatic carbocycles. The van der Waals surface area contributed by atoms with Crippen molar-refractivity contribution in [1.29, 1.82) is 0 Å². The fourth-order valence-electron chi connectivity index (χ4n) is 5.55. The van der Waals surface area contributed by atoms with Crippen LogP contribution in [0, 0.1) is 0 Å². The van der Waals surface area contributed by atoms with Gasteiger partial charge in [0.1, 0.15) is 5.54 Å². The number of hydrogen-bond acceptors (Lipinski definition) is 4. The molecule has 0 aliphatic rings. The molecule has 2 amide bonds. The first-order valence-corrected chi connectivity index (χ1v) is 16.2. The smallest absolute Gasteiger partial charge is 0.329 e. The van der Waals surface area contributed by atoms with Crippen molar-refractivity contribution in [2.24, 2.45) is 0 Å². The molecule has 0 spiro atoms. The Morgan fingerprint density at radius 1 is 0.761 bits per heavy atom. The van der Waals surface area contributed by atoms with Crippen molar-refractivity contribution >= 4 is 29.2 Å². The first-order chi connectivity index (χ1) is 22.3. The number of rotatable bonds is 16. The van der Waals surface area contributed by atoms with Crippen molar-refractivity contribution in [3.63, 3.8) is 0 Å². The summed E-state index contributed by atoms with van der Waals surface area (Å²) in [5.74, 6) is -1.16. The van der Waals surface area contributed by atoms with Crippen molar-refractivity contribution in [3.8, 4) is 11.1 Å². The molecule has 46 heavy (non-hydrogen) atoms. The van der Waals surface area contributed by atoms with Gasteiger partial charge in [-0.05, 0) is 53.8 Å². The zero-order valence-corrected chi connectivity index (χ0v) is 27.1. The van der Waals surface area contributed by atoms with E-state index in [1.165, 1.54) is 19.3 Å². The van der Waals surface area contributed by atoms with Gasteiger partial charge in [-0.25, -0.2) is 9.59 Å². The van der Waals surface area contributed by atoms with Gasteiger partial charge in [0.15, 0.2) is 5.78 Å². The number of carboxylic acids is 1. The number of amides is 2. The lowest BCUT2D eigenvalue weighted by atomic mass is 9.86. The van der Waals surface area contributed by atoms with Crippen LogP contribution < -0.4 is 15.5 Å². The lowest BCUT2D eigenvalue weighted by Gasteiger charge is -2.31. The third-order valence-corrected chi connectivity index (χ3v) is 8.48. The molecule has 0 aromatic heterocycles. The molecule has 4 aromatic carbocycles. The van der Waals surface area contributed by atoms with Gasteiger partial charge in [-0.2, -0.15) is 0 Å². The Labute approximate surface area is 272 Å². The minimum Gasteiger partial charge on any atom is -0.479 e. The number of unbranched alkanes of at least 4 members (excludes halogenated alkanes) is 4. The fraction of sp³-hybridized carbons (Fsp3) is 0.308. The average molecular weight is 620 g/mol. The Kier molecular flexibility index (Phi) is 12.1. The molecule has 1 atom stereocenters. The number of benzene rings is 4. The number of ketones is 1. The third-order valence-electron chi connectivity index (χ3n) is 8.48. The highest BCUT2D eigenvalue weighted by Gasteiger charge is 2.38.